The highest BCUT2D eigenvalue weighted by Gasteiger charge is 2.18. The number of rotatable bonds is 3. The second-order valence-corrected chi connectivity index (χ2v) is 6.27. The minimum absolute atomic E-state index is 0.715. The predicted molar refractivity (Wildman–Crippen MR) is 94.9 cm³/mol. The van der Waals surface area contributed by atoms with Crippen LogP contribution in [0.1, 0.15) is 22.6 Å². The van der Waals surface area contributed by atoms with Gasteiger partial charge in [0, 0.05) is 46.7 Å². The predicted octanol–water partition coefficient (Wildman–Crippen LogP) is 3.47. The van der Waals surface area contributed by atoms with Crippen molar-refractivity contribution in [2.75, 3.05) is 6.54 Å². The van der Waals surface area contributed by atoms with Crippen LogP contribution in [0, 0.1) is 13.8 Å². The summed E-state index contributed by atoms with van der Waals surface area (Å²) in [6.45, 7) is 5.39. The molecule has 0 saturated heterocycles. The van der Waals surface area contributed by atoms with E-state index in [1.807, 2.05) is 26.0 Å². The van der Waals surface area contributed by atoms with Gasteiger partial charge in [-0.3, -0.25) is 0 Å². The summed E-state index contributed by atoms with van der Waals surface area (Å²) >= 11 is 0. The monoisotopic (exact) mass is 320 g/mol. The van der Waals surface area contributed by atoms with Crippen molar-refractivity contribution in [2.45, 2.75) is 20.4 Å². The number of hydrogen-bond donors (Lipinski definition) is 2. The van der Waals surface area contributed by atoms with Crippen molar-refractivity contribution in [2.24, 2.45) is 5.73 Å². The van der Waals surface area contributed by atoms with Crippen molar-refractivity contribution >= 4 is 16.5 Å². The van der Waals surface area contributed by atoms with Gasteiger partial charge in [-0.25, -0.2) is 0 Å². The lowest BCUT2D eigenvalue weighted by atomic mass is 10.0. The number of nitrogens with one attached hydrogen (secondary N) is 1. The fourth-order valence-electron chi connectivity index (χ4n) is 3.37. The minimum Gasteiger partial charge on any atom is -0.401 e. The Morgan fingerprint density at radius 1 is 1.29 bits per heavy atom. The van der Waals surface area contributed by atoms with Crippen LogP contribution in [0.25, 0.3) is 16.5 Å². The molecule has 1 aliphatic heterocycles. The number of allylic oxidation sites excluding steroid dienone is 2. The first-order valence-electron chi connectivity index (χ1n) is 8.02. The Balaban J connectivity index is 1.68. The van der Waals surface area contributed by atoms with Gasteiger partial charge in [-0.05, 0) is 31.6 Å². The zero-order chi connectivity index (χ0) is 16.7. The van der Waals surface area contributed by atoms with Gasteiger partial charge in [0.2, 0.25) is 0 Å². The Labute approximate surface area is 140 Å². The standard InChI is InChI=1S/C19H20N4O/c1-12-19(13(2)24-22-12)14-7-16(20)11-23(9-14)10-15-8-21-18-6-4-3-5-17(15)18/h3-9,21H,10-11,20H2,1-2H3. The van der Waals surface area contributed by atoms with Crippen LogP contribution in [0.15, 0.2) is 53.0 Å². The SMILES string of the molecule is Cc1noc(C)c1C1=CN(Cc2c[nH]c3ccccc23)CC(N)=C1. The highest BCUT2D eigenvalue weighted by Crippen LogP contribution is 2.28. The molecule has 0 saturated carbocycles. The van der Waals surface area contributed by atoms with E-state index >= 15 is 0 Å². The van der Waals surface area contributed by atoms with Crippen molar-refractivity contribution in [3.05, 3.63) is 71.0 Å². The molecule has 0 fully saturated rings. The Hall–Kier alpha value is -2.95. The molecule has 1 aliphatic rings. The maximum Gasteiger partial charge on any atom is 0.141 e. The lowest BCUT2D eigenvalue weighted by molar-refractivity contribution is 0.392. The first-order chi connectivity index (χ1) is 11.6. The van der Waals surface area contributed by atoms with Gasteiger partial charge in [0.25, 0.3) is 0 Å². The van der Waals surface area contributed by atoms with Crippen molar-refractivity contribution in [3.8, 4) is 0 Å². The lowest BCUT2D eigenvalue weighted by Gasteiger charge is -2.25. The number of H-pyrrole nitrogens is 1. The van der Waals surface area contributed by atoms with Gasteiger partial charge in [-0.15, -0.1) is 0 Å². The number of aryl methyl sites for hydroxylation is 2. The van der Waals surface area contributed by atoms with Gasteiger partial charge >= 0.3 is 0 Å². The molecule has 24 heavy (non-hydrogen) atoms. The molecule has 4 rings (SSSR count). The van der Waals surface area contributed by atoms with Crippen molar-refractivity contribution in [1.82, 2.24) is 15.0 Å². The van der Waals surface area contributed by atoms with E-state index in [4.69, 9.17) is 10.3 Å². The average Bonchev–Trinajstić information content (AvgIpc) is 3.11. The lowest BCUT2D eigenvalue weighted by Crippen LogP contribution is -2.26. The second kappa shape index (κ2) is 5.60. The third-order valence-electron chi connectivity index (χ3n) is 4.42. The molecule has 3 heterocycles. The van der Waals surface area contributed by atoms with Gasteiger partial charge in [-0.1, -0.05) is 23.4 Å². The number of para-hydroxylation sites is 1. The normalized spacial score (nSPS) is 14.8. The highest BCUT2D eigenvalue weighted by molar-refractivity contribution is 5.83. The first kappa shape index (κ1) is 14.6. The van der Waals surface area contributed by atoms with E-state index in [-0.39, 0.29) is 0 Å². The maximum absolute atomic E-state index is 6.18. The molecule has 122 valence electrons. The first-order valence-corrected chi connectivity index (χ1v) is 8.02. The van der Waals surface area contributed by atoms with E-state index < -0.39 is 0 Å². The molecule has 0 bridgehead atoms. The van der Waals surface area contributed by atoms with E-state index in [0.29, 0.717) is 6.54 Å². The maximum atomic E-state index is 6.18. The van der Waals surface area contributed by atoms with Gasteiger partial charge in [0.15, 0.2) is 0 Å². The summed E-state index contributed by atoms with van der Waals surface area (Å²) in [5.74, 6) is 0.816. The van der Waals surface area contributed by atoms with E-state index in [9.17, 15) is 0 Å². The largest absolute Gasteiger partial charge is 0.401 e. The van der Waals surface area contributed by atoms with Gasteiger partial charge < -0.3 is 20.1 Å². The van der Waals surface area contributed by atoms with E-state index in [1.165, 1.54) is 10.9 Å². The second-order valence-electron chi connectivity index (χ2n) is 6.27. The smallest absolute Gasteiger partial charge is 0.141 e. The third kappa shape index (κ3) is 2.48. The van der Waals surface area contributed by atoms with Crippen LogP contribution in [0.2, 0.25) is 0 Å². The van der Waals surface area contributed by atoms with Crippen molar-refractivity contribution < 1.29 is 4.52 Å². The summed E-state index contributed by atoms with van der Waals surface area (Å²) in [4.78, 5) is 5.56. The van der Waals surface area contributed by atoms with E-state index in [1.54, 1.807) is 0 Å². The molecular weight excluding hydrogens is 300 g/mol. The summed E-state index contributed by atoms with van der Waals surface area (Å²) in [6, 6.07) is 8.34. The number of fused-ring (bicyclic) bond motifs is 1. The summed E-state index contributed by atoms with van der Waals surface area (Å²) in [5, 5.41) is 5.30. The molecule has 0 amide bonds. The fraction of sp³-hybridized carbons (Fsp3) is 0.211. The molecular formula is C19H20N4O. The van der Waals surface area contributed by atoms with Crippen LogP contribution in [0.5, 0.6) is 0 Å². The Morgan fingerprint density at radius 2 is 2.12 bits per heavy atom. The molecule has 0 aliphatic carbocycles. The Kier molecular flexibility index (Phi) is 3.41. The molecule has 3 aromatic rings. The molecule has 5 nitrogen and oxygen atoms in total. The Morgan fingerprint density at radius 3 is 2.92 bits per heavy atom. The van der Waals surface area contributed by atoms with Crippen LogP contribution < -0.4 is 5.73 Å². The van der Waals surface area contributed by atoms with E-state index in [2.05, 4.69) is 45.6 Å². The zero-order valence-electron chi connectivity index (χ0n) is 13.8. The molecule has 0 radical (unpaired) electrons. The number of aromatic amines is 1. The van der Waals surface area contributed by atoms with Crippen molar-refractivity contribution in [3.63, 3.8) is 0 Å². The van der Waals surface area contributed by atoms with Crippen molar-refractivity contribution in [1.29, 1.82) is 0 Å². The molecule has 5 heteroatoms. The molecule has 0 unspecified atom stereocenters. The molecule has 0 spiro atoms. The minimum atomic E-state index is 0.715. The van der Waals surface area contributed by atoms with E-state index in [0.717, 1.165) is 40.3 Å². The number of nitrogens with zero attached hydrogens (tertiary/aromatic N) is 2. The van der Waals surface area contributed by atoms with Crippen LogP contribution in [0.3, 0.4) is 0 Å². The summed E-state index contributed by atoms with van der Waals surface area (Å²) in [6.07, 6.45) is 6.23. The number of nitrogens with two attached hydrogens (primary N) is 1. The average molecular weight is 320 g/mol. The fourth-order valence-corrected chi connectivity index (χ4v) is 3.37. The number of aromatic nitrogens is 2. The quantitative estimate of drug-likeness (QED) is 0.775. The summed E-state index contributed by atoms with van der Waals surface area (Å²) < 4.78 is 5.30. The van der Waals surface area contributed by atoms with Crippen LogP contribution >= 0.6 is 0 Å². The van der Waals surface area contributed by atoms with Gasteiger partial charge in [-0.2, -0.15) is 0 Å². The number of hydrogen-bond acceptors (Lipinski definition) is 4. The zero-order valence-corrected chi connectivity index (χ0v) is 13.8. The van der Waals surface area contributed by atoms with Gasteiger partial charge in [0.1, 0.15) is 5.76 Å². The van der Waals surface area contributed by atoms with Crippen LogP contribution in [-0.4, -0.2) is 21.6 Å². The van der Waals surface area contributed by atoms with Crippen LogP contribution in [-0.2, 0) is 6.54 Å². The van der Waals surface area contributed by atoms with Crippen LogP contribution in [0.4, 0.5) is 0 Å². The molecule has 2 aromatic heterocycles. The number of benzene rings is 1. The summed E-state index contributed by atoms with van der Waals surface area (Å²) in [7, 11) is 0. The molecule has 3 N–H and O–H groups in total. The molecule has 0 atom stereocenters. The topological polar surface area (TPSA) is 71.1 Å². The highest BCUT2D eigenvalue weighted by atomic mass is 16.5. The molecule has 1 aromatic carbocycles. The Bertz CT molecular complexity index is 941. The third-order valence-corrected chi connectivity index (χ3v) is 4.42. The summed E-state index contributed by atoms with van der Waals surface area (Å²) in [5.41, 5.74) is 12.4. The van der Waals surface area contributed by atoms with Gasteiger partial charge in [0.05, 0.1) is 12.2 Å².